The Hall–Kier alpha value is -1.09. The summed E-state index contributed by atoms with van der Waals surface area (Å²) in [6, 6.07) is 0. The third-order valence-corrected chi connectivity index (χ3v) is 6.55. The van der Waals surface area contributed by atoms with Gasteiger partial charge in [0, 0.05) is 0 Å². The molecule has 0 saturated heterocycles. The van der Waals surface area contributed by atoms with E-state index in [-0.39, 0.29) is 0 Å². The quantitative estimate of drug-likeness (QED) is 0.608. The zero-order chi connectivity index (χ0) is 9.03. The van der Waals surface area contributed by atoms with E-state index in [0.29, 0.717) is 10.4 Å². The van der Waals surface area contributed by atoms with Gasteiger partial charge in [-0.15, -0.1) is 0 Å². The van der Waals surface area contributed by atoms with Gasteiger partial charge in [0.15, 0.2) is 0 Å². The maximum atomic E-state index is 10.4. The van der Waals surface area contributed by atoms with Gasteiger partial charge < -0.3 is 0 Å². The first-order chi connectivity index (χ1) is 5.79. The summed E-state index contributed by atoms with van der Waals surface area (Å²) in [7, 11) is 0. The summed E-state index contributed by atoms with van der Waals surface area (Å²) < 4.78 is 5.23. The Bertz CT molecular complexity index is 458. The topological polar surface area (TPSA) is 51.2 Å². The summed E-state index contributed by atoms with van der Waals surface area (Å²) in [5, 5.41) is 0. The van der Waals surface area contributed by atoms with Crippen LogP contribution in [0.15, 0.2) is 22.2 Å². The molecule has 0 N–H and O–H groups in total. The van der Waals surface area contributed by atoms with Crippen molar-refractivity contribution in [1.29, 1.82) is 0 Å². The van der Waals surface area contributed by atoms with Crippen LogP contribution in [0.2, 0.25) is 0 Å². The molecule has 0 atom stereocenters. The van der Waals surface area contributed by atoms with E-state index < -0.39 is 14.7 Å². The van der Waals surface area contributed by atoms with Gasteiger partial charge in [-0.3, -0.25) is 0 Å². The Morgan fingerprint density at radius 1 is 1.17 bits per heavy atom. The zero-order valence-corrected chi connectivity index (χ0v) is 8.31. The summed E-state index contributed by atoms with van der Waals surface area (Å²) in [4.78, 5) is 31.3. The predicted octanol–water partition coefficient (Wildman–Crippen LogP) is -0.0820. The molecule has 1 aliphatic carbocycles. The molecule has 62 valence electrons. The Morgan fingerprint density at radius 3 is 2.08 bits per heavy atom. The van der Waals surface area contributed by atoms with Gasteiger partial charge >= 0.3 is 70.5 Å². The van der Waals surface area contributed by atoms with E-state index >= 15 is 0 Å². The van der Waals surface area contributed by atoms with Crippen molar-refractivity contribution in [2.75, 3.05) is 0 Å². The number of hydrogen-bond acceptors (Lipinski definition) is 3. The number of allylic oxidation sites excluding steroid dienone is 4. The fourth-order valence-electron chi connectivity index (χ4n) is 0.916. The minimum atomic E-state index is -4.06. The van der Waals surface area contributed by atoms with Crippen molar-refractivity contribution in [1.82, 2.24) is 0 Å². The molecule has 0 saturated carbocycles. The minimum absolute atomic E-state index is 0.491. The molecule has 0 aromatic heterocycles. The Balaban J connectivity index is 3.69. The van der Waals surface area contributed by atoms with E-state index in [9.17, 15) is 14.4 Å². The van der Waals surface area contributed by atoms with E-state index in [1.165, 1.54) is 0 Å². The van der Waals surface area contributed by atoms with Gasteiger partial charge in [-0.05, 0) is 0 Å². The molecular weight excluding hydrogens is 240 g/mol. The second-order valence-corrected chi connectivity index (χ2v) is 8.29. The molecule has 0 fully saturated rings. The third kappa shape index (κ3) is 1.27. The van der Waals surface area contributed by atoms with Gasteiger partial charge in [0.05, 0.1) is 0 Å². The first-order valence-corrected chi connectivity index (χ1v) is 7.62. The number of rotatable bonds is 1. The van der Waals surface area contributed by atoms with Crippen LogP contribution in [0.4, 0.5) is 0 Å². The Kier molecular flexibility index (Phi) is 2.65. The normalized spacial score (nSPS) is 14.5. The van der Waals surface area contributed by atoms with Crippen molar-refractivity contribution in [2.45, 2.75) is 6.42 Å². The second-order valence-electron chi connectivity index (χ2n) is 2.23. The third-order valence-electron chi connectivity index (χ3n) is 1.59. The van der Waals surface area contributed by atoms with Crippen molar-refractivity contribution in [3.05, 3.63) is 22.2 Å². The summed E-state index contributed by atoms with van der Waals surface area (Å²) in [6.07, 6.45) is 5.60. The molecule has 4 heteroatoms. The monoisotopic (exact) mass is 248 g/mol. The van der Waals surface area contributed by atoms with Crippen molar-refractivity contribution in [3.8, 4) is 0 Å². The van der Waals surface area contributed by atoms with Gasteiger partial charge in [0.2, 0.25) is 0 Å². The number of hydrogen-bond donors (Lipinski definition) is 0. The van der Waals surface area contributed by atoms with Gasteiger partial charge in [-0.25, -0.2) is 0 Å². The molecule has 1 aliphatic rings. The van der Waals surface area contributed by atoms with Crippen molar-refractivity contribution >= 4 is 12.8 Å². The van der Waals surface area contributed by atoms with Crippen LogP contribution < -0.4 is 0 Å². The van der Waals surface area contributed by atoms with Crippen LogP contribution in [-0.2, 0) is 29.1 Å². The summed E-state index contributed by atoms with van der Waals surface area (Å²) in [5.74, 6) is 0. The van der Waals surface area contributed by atoms with Crippen LogP contribution >= 0.6 is 0 Å². The maximum absolute atomic E-state index is 10.4. The van der Waals surface area contributed by atoms with Crippen molar-refractivity contribution in [2.24, 2.45) is 0 Å². The molecule has 0 radical (unpaired) electrons. The average molecular weight is 246 g/mol. The first-order valence-electron chi connectivity index (χ1n) is 3.22. The van der Waals surface area contributed by atoms with Crippen LogP contribution in [0.25, 0.3) is 0 Å². The standard InChI is InChI=1S/C5H5.3CO.Mo.H/c1-2-4-5-3-1;3*1-2;;/h1-3H,4H2;;;;;. The predicted molar refractivity (Wildman–Crippen MR) is 40.3 cm³/mol. The number of carbonyl (C=O) groups excluding carboxylic acids is 3. The molecule has 12 heavy (non-hydrogen) atoms. The van der Waals surface area contributed by atoms with E-state index in [1.54, 1.807) is 31.0 Å². The van der Waals surface area contributed by atoms with Crippen molar-refractivity contribution < 1.29 is 29.1 Å². The molecule has 0 aromatic carbocycles. The van der Waals surface area contributed by atoms with Gasteiger partial charge in [-0.2, -0.15) is 0 Å². The second kappa shape index (κ2) is 3.54. The molecule has 1 rings (SSSR count). The summed E-state index contributed by atoms with van der Waals surface area (Å²) in [5.41, 5.74) is 0. The van der Waals surface area contributed by atoms with Gasteiger partial charge in [0.1, 0.15) is 0 Å². The molecule has 0 bridgehead atoms. The SMILES string of the molecule is O=[C]=[MoH](=[C]=O)(=[C]=O)[C]1=CC=CC1. The van der Waals surface area contributed by atoms with Crippen LogP contribution in [-0.4, -0.2) is 12.8 Å². The van der Waals surface area contributed by atoms with Gasteiger partial charge in [-0.1, -0.05) is 0 Å². The Morgan fingerprint density at radius 2 is 1.75 bits per heavy atom. The fourth-order valence-corrected chi connectivity index (χ4v) is 3.75. The molecular formula is C8H6MoO3. The molecule has 0 spiro atoms. The summed E-state index contributed by atoms with van der Waals surface area (Å²) >= 11 is -4.06. The van der Waals surface area contributed by atoms with Crippen LogP contribution in [0, 0.1) is 0 Å². The van der Waals surface area contributed by atoms with Gasteiger partial charge in [0.25, 0.3) is 0 Å². The Labute approximate surface area is 70.7 Å². The van der Waals surface area contributed by atoms with Crippen LogP contribution in [0.3, 0.4) is 0 Å². The molecule has 0 aromatic rings. The van der Waals surface area contributed by atoms with Crippen molar-refractivity contribution in [3.63, 3.8) is 0 Å². The van der Waals surface area contributed by atoms with E-state index in [2.05, 4.69) is 0 Å². The van der Waals surface area contributed by atoms with E-state index in [1.807, 2.05) is 0 Å². The van der Waals surface area contributed by atoms with Crippen LogP contribution in [0.5, 0.6) is 0 Å². The van der Waals surface area contributed by atoms with E-state index in [4.69, 9.17) is 0 Å². The molecule has 0 aliphatic heterocycles. The zero-order valence-electron chi connectivity index (χ0n) is 6.11. The fraction of sp³-hybridized carbons (Fsp3) is 0.125. The molecule has 0 amide bonds. The average Bonchev–Trinajstić information content (AvgIpc) is 2.62. The summed E-state index contributed by atoms with van der Waals surface area (Å²) in [6.45, 7) is 0. The molecule has 0 unspecified atom stereocenters. The molecule has 0 heterocycles. The van der Waals surface area contributed by atoms with E-state index in [0.717, 1.165) is 0 Å². The van der Waals surface area contributed by atoms with Crippen LogP contribution in [0.1, 0.15) is 6.42 Å². The molecule has 3 nitrogen and oxygen atoms in total. The first kappa shape index (κ1) is 9.00.